The van der Waals surface area contributed by atoms with Crippen molar-refractivity contribution < 1.29 is 9.59 Å². The molecule has 0 unspecified atom stereocenters. The minimum absolute atomic E-state index is 0.260. The minimum Gasteiger partial charge on any atom is -0.355 e. The summed E-state index contributed by atoms with van der Waals surface area (Å²) in [5, 5.41) is 4.96. The molecular weight excluding hydrogens is 180 g/mol. The van der Waals surface area contributed by atoms with Crippen molar-refractivity contribution in [2.75, 3.05) is 14.1 Å². The van der Waals surface area contributed by atoms with Crippen molar-refractivity contribution in [2.45, 2.75) is 0 Å². The van der Waals surface area contributed by atoms with Crippen LogP contribution in [0.4, 0.5) is 0 Å². The number of amides is 2. The van der Waals surface area contributed by atoms with E-state index >= 15 is 0 Å². The Balaban J connectivity index is 3.15. The average Bonchev–Trinajstić information content (AvgIpc) is 2.27. The van der Waals surface area contributed by atoms with Gasteiger partial charge in [-0.1, -0.05) is 12.1 Å². The number of hydrogen-bond donors (Lipinski definition) is 2. The van der Waals surface area contributed by atoms with Gasteiger partial charge in [-0.05, 0) is 12.1 Å². The van der Waals surface area contributed by atoms with Crippen molar-refractivity contribution in [3.63, 3.8) is 0 Å². The highest BCUT2D eigenvalue weighted by Crippen LogP contribution is 2.07. The minimum atomic E-state index is -0.260. The van der Waals surface area contributed by atoms with E-state index in [0.29, 0.717) is 11.1 Å². The molecule has 1 rings (SSSR count). The predicted octanol–water partition coefficient (Wildman–Crippen LogP) is 0.406. The van der Waals surface area contributed by atoms with Crippen molar-refractivity contribution in [1.29, 1.82) is 0 Å². The number of nitrogens with one attached hydrogen (secondary N) is 2. The summed E-state index contributed by atoms with van der Waals surface area (Å²) in [7, 11) is 3.06. The zero-order chi connectivity index (χ0) is 10.6. The second-order valence-electron chi connectivity index (χ2n) is 2.70. The Morgan fingerprint density at radius 3 is 1.57 bits per heavy atom. The van der Waals surface area contributed by atoms with Gasteiger partial charge in [0.2, 0.25) is 0 Å². The number of carbonyl (C=O) groups excluding carboxylic acids is 2. The molecule has 0 aliphatic heterocycles. The summed E-state index contributed by atoms with van der Waals surface area (Å²) in [6.45, 7) is 0. The molecule has 1 aromatic rings. The van der Waals surface area contributed by atoms with Gasteiger partial charge in [0, 0.05) is 14.1 Å². The van der Waals surface area contributed by atoms with Crippen molar-refractivity contribution in [2.24, 2.45) is 0 Å². The second kappa shape index (κ2) is 4.41. The molecule has 0 radical (unpaired) electrons. The highest BCUT2D eigenvalue weighted by Gasteiger charge is 2.13. The van der Waals surface area contributed by atoms with Crippen LogP contribution in [0.25, 0.3) is 0 Å². The molecule has 4 nitrogen and oxygen atoms in total. The van der Waals surface area contributed by atoms with Gasteiger partial charge in [0.15, 0.2) is 0 Å². The first-order valence-corrected chi connectivity index (χ1v) is 4.24. The molecule has 1 aromatic carbocycles. The molecule has 0 saturated carbocycles. The second-order valence-corrected chi connectivity index (χ2v) is 2.70. The van der Waals surface area contributed by atoms with Crippen molar-refractivity contribution in [3.8, 4) is 0 Å². The lowest BCUT2D eigenvalue weighted by Gasteiger charge is -2.05. The lowest BCUT2D eigenvalue weighted by atomic mass is 10.1. The largest absolute Gasteiger partial charge is 0.355 e. The van der Waals surface area contributed by atoms with Crippen LogP contribution in [0.2, 0.25) is 0 Å². The zero-order valence-electron chi connectivity index (χ0n) is 8.13. The van der Waals surface area contributed by atoms with Gasteiger partial charge < -0.3 is 10.6 Å². The monoisotopic (exact) mass is 192 g/mol. The quantitative estimate of drug-likeness (QED) is 0.712. The number of hydrogen-bond acceptors (Lipinski definition) is 2. The molecule has 0 aromatic heterocycles. The SMILES string of the molecule is CNC(=O)c1ccccc1C(=O)NC. The van der Waals surface area contributed by atoms with Crippen LogP contribution >= 0.6 is 0 Å². The summed E-state index contributed by atoms with van der Waals surface area (Å²) >= 11 is 0. The summed E-state index contributed by atoms with van der Waals surface area (Å²) in [5.41, 5.74) is 0.767. The Kier molecular flexibility index (Phi) is 3.23. The van der Waals surface area contributed by atoms with Crippen LogP contribution in [0.15, 0.2) is 24.3 Å². The molecule has 0 spiro atoms. The molecule has 0 saturated heterocycles. The van der Waals surface area contributed by atoms with Gasteiger partial charge >= 0.3 is 0 Å². The maximum atomic E-state index is 11.4. The van der Waals surface area contributed by atoms with Gasteiger partial charge in [0.1, 0.15) is 0 Å². The molecule has 0 aliphatic carbocycles. The fourth-order valence-electron chi connectivity index (χ4n) is 1.15. The van der Waals surface area contributed by atoms with E-state index in [9.17, 15) is 9.59 Å². The Hall–Kier alpha value is -1.84. The van der Waals surface area contributed by atoms with E-state index in [2.05, 4.69) is 10.6 Å². The third-order valence-electron chi connectivity index (χ3n) is 1.87. The summed E-state index contributed by atoms with van der Waals surface area (Å²) in [6.07, 6.45) is 0. The fraction of sp³-hybridized carbons (Fsp3) is 0.200. The van der Waals surface area contributed by atoms with E-state index in [0.717, 1.165) is 0 Å². The van der Waals surface area contributed by atoms with Gasteiger partial charge in [-0.25, -0.2) is 0 Å². The van der Waals surface area contributed by atoms with Crippen LogP contribution in [0.1, 0.15) is 20.7 Å². The Morgan fingerprint density at radius 1 is 0.929 bits per heavy atom. The van der Waals surface area contributed by atoms with Crippen LogP contribution in [0.5, 0.6) is 0 Å². The molecule has 0 heterocycles. The van der Waals surface area contributed by atoms with Crippen LogP contribution in [-0.2, 0) is 0 Å². The Labute approximate surface area is 82.3 Å². The molecule has 0 aliphatic rings. The first kappa shape index (κ1) is 10.2. The van der Waals surface area contributed by atoms with Gasteiger partial charge in [0.05, 0.1) is 11.1 Å². The maximum Gasteiger partial charge on any atom is 0.251 e. The van der Waals surface area contributed by atoms with E-state index in [1.807, 2.05) is 0 Å². The highest BCUT2D eigenvalue weighted by atomic mass is 16.2. The fourth-order valence-corrected chi connectivity index (χ4v) is 1.15. The Bertz CT molecular complexity index is 326. The van der Waals surface area contributed by atoms with Crippen molar-refractivity contribution >= 4 is 11.8 Å². The molecule has 4 heteroatoms. The summed E-state index contributed by atoms with van der Waals surface area (Å²) in [4.78, 5) is 22.7. The van der Waals surface area contributed by atoms with Gasteiger partial charge in [-0.3, -0.25) is 9.59 Å². The zero-order valence-corrected chi connectivity index (χ0v) is 8.13. The lowest BCUT2D eigenvalue weighted by molar-refractivity contribution is 0.0929. The maximum absolute atomic E-state index is 11.4. The lowest BCUT2D eigenvalue weighted by Crippen LogP contribution is -2.25. The van der Waals surface area contributed by atoms with Gasteiger partial charge in [0.25, 0.3) is 11.8 Å². The van der Waals surface area contributed by atoms with E-state index < -0.39 is 0 Å². The molecule has 2 amide bonds. The van der Waals surface area contributed by atoms with Crippen LogP contribution in [0.3, 0.4) is 0 Å². The smallest absolute Gasteiger partial charge is 0.251 e. The third kappa shape index (κ3) is 1.90. The molecular formula is C10H12N2O2. The first-order chi connectivity index (χ1) is 6.70. The first-order valence-electron chi connectivity index (χ1n) is 4.24. The van der Waals surface area contributed by atoms with Gasteiger partial charge in [-0.15, -0.1) is 0 Å². The van der Waals surface area contributed by atoms with E-state index in [4.69, 9.17) is 0 Å². The standard InChI is InChI=1S/C10H12N2O2/c1-11-9(13)7-5-3-4-6-8(7)10(14)12-2/h3-6H,1-2H3,(H,11,13)(H,12,14). The Morgan fingerprint density at radius 2 is 1.29 bits per heavy atom. The van der Waals surface area contributed by atoms with Crippen molar-refractivity contribution in [3.05, 3.63) is 35.4 Å². The predicted molar refractivity (Wildman–Crippen MR) is 53.2 cm³/mol. The third-order valence-corrected chi connectivity index (χ3v) is 1.87. The number of benzene rings is 1. The van der Waals surface area contributed by atoms with E-state index in [1.54, 1.807) is 24.3 Å². The highest BCUT2D eigenvalue weighted by molar-refractivity contribution is 6.07. The molecule has 2 N–H and O–H groups in total. The summed E-state index contributed by atoms with van der Waals surface area (Å²) in [5.74, 6) is -0.520. The van der Waals surface area contributed by atoms with E-state index in [1.165, 1.54) is 14.1 Å². The van der Waals surface area contributed by atoms with Crippen molar-refractivity contribution in [1.82, 2.24) is 10.6 Å². The number of carbonyl (C=O) groups is 2. The summed E-state index contributed by atoms with van der Waals surface area (Å²) in [6, 6.07) is 6.67. The van der Waals surface area contributed by atoms with Crippen LogP contribution in [0, 0.1) is 0 Å². The number of rotatable bonds is 2. The van der Waals surface area contributed by atoms with Crippen LogP contribution in [-0.4, -0.2) is 25.9 Å². The average molecular weight is 192 g/mol. The summed E-state index contributed by atoms with van der Waals surface area (Å²) < 4.78 is 0. The van der Waals surface area contributed by atoms with Crippen LogP contribution < -0.4 is 10.6 Å². The topological polar surface area (TPSA) is 58.2 Å². The molecule has 0 fully saturated rings. The molecule has 0 bridgehead atoms. The molecule has 14 heavy (non-hydrogen) atoms. The van der Waals surface area contributed by atoms with E-state index in [-0.39, 0.29) is 11.8 Å². The van der Waals surface area contributed by atoms with Gasteiger partial charge in [-0.2, -0.15) is 0 Å². The molecule has 74 valence electrons. The normalized spacial score (nSPS) is 9.29. The molecule has 0 atom stereocenters.